The molecule has 0 rings (SSSR count). The van der Waals surface area contributed by atoms with Crippen molar-refractivity contribution in [3.05, 3.63) is 0 Å². The van der Waals surface area contributed by atoms with Crippen LogP contribution in [0.3, 0.4) is 0 Å². The molecule has 5 heavy (non-hydrogen) atoms. The molecule has 0 spiro atoms. The molecule has 0 heterocycles. The zero-order valence-corrected chi connectivity index (χ0v) is 3.44. The Kier molecular flexibility index (Phi) is 2.14. The first-order valence-corrected chi connectivity index (χ1v) is 1.74. The zero-order valence-electron chi connectivity index (χ0n) is 3.44. The van der Waals surface area contributed by atoms with Crippen molar-refractivity contribution in [2.75, 3.05) is 6.54 Å². The molecule has 0 radical (unpaired) electrons. The van der Waals surface area contributed by atoms with Crippen LogP contribution in [0.5, 0.6) is 0 Å². The van der Waals surface area contributed by atoms with Crippen molar-refractivity contribution in [1.29, 1.82) is 0 Å². The topological polar surface area (TPSA) is 47.9 Å². The number of hydrogen-bond acceptors (Lipinski definition) is 1. The highest BCUT2D eigenvalue weighted by molar-refractivity contribution is 4.32. The van der Waals surface area contributed by atoms with Crippen LogP contribution in [-0.2, 0) is 0 Å². The molecule has 0 aliphatic carbocycles. The van der Waals surface area contributed by atoms with E-state index in [0.29, 0.717) is 6.54 Å². The van der Waals surface area contributed by atoms with Gasteiger partial charge in [-0.3, -0.25) is 0 Å². The summed E-state index contributed by atoms with van der Waals surface area (Å²) >= 11 is 0. The lowest BCUT2D eigenvalue weighted by Gasteiger charge is -1.87. The van der Waals surface area contributed by atoms with E-state index in [-0.39, 0.29) is 6.10 Å². The molecule has 0 aromatic rings. The fourth-order valence-corrected chi connectivity index (χ4v) is 0. The van der Waals surface area contributed by atoms with Crippen LogP contribution in [0.2, 0.25) is 0 Å². The van der Waals surface area contributed by atoms with Gasteiger partial charge in [0.1, 0.15) is 6.54 Å². The number of rotatable bonds is 1. The Morgan fingerprint density at radius 1 is 2.00 bits per heavy atom. The quantitative estimate of drug-likeness (QED) is 0.397. The van der Waals surface area contributed by atoms with Gasteiger partial charge in [-0.15, -0.1) is 0 Å². The van der Waals surface area contributed by atoms with Crippen molar-refractivity contribution < 1.29 is 10.8 Å². The van der Waals surface area contributed by atoms with Gasteiger partial charge in [0.25, 0.3) is 0 Å². The van der Waals surface area contributed by atoms with Gasteiger partial charge in [-0.05, 0) is 6.92 Å². The minimum absolute atomic E-state index is 0.227. The Labute approximate surface area is 31.6 Å². The number of hydrogen-bond donors (Lipinski definition) is 2. The SMILES string of the molecule is C[C@@H](O)C[NH3+]. The Bertz CT molecular complexity index is 20.9. The number of quaternary nitrogens is 1. The molecule has 0 saturated carbocycles. The standard InChI is InChI=1S/C3H9NO/c1-3(5)2-4/h3,5H,2,4H2,1H3/p+1/t3-/m1/s1. The second-order valence-electron chi connectivity index (χ2n) is 1.14. The summed E-state index contributed by atoms with van der Waals surface area (Å²) in [6.07, 6.45) is -0.227. The summed E-state index contributed by atoms with van der Waals surface area (Å²) in [5, 5.41) is 8.30. The predicted molar refractivity (Wildman–Crippen MR) is 19.4 cm³/mol. The highest BCUT2D eigenvalue weighted by Gasteiger charge is 1.85. The third-order valence-corrected chi connectivity index (χ3v) is 0.418. The van der Waals surface area contributed by atoms with Gasteiger partial charge in [-0.1, -0.05) is 0 Å². The maximum atomic E-state index is 8.30. The van der Waals surface area contributed by atoms with Crippen molar-refractivity contribution in [2.45, 2.75) is 13.0 Å². The summed E-state index contributed by atoms with van der Waals surface area (Å²) in [4.78, 5) is 0. The molecule has 0 aliphatic rings. The monoisotopic (exact) mass is 76.1 g/mol. The lowest BCUT2D eigenvalue weighted by atomic mass is 10.4. The van der Waals surface area contributed by atoms with Crippen LogP contribution in [0.25, 0.3) is 0 Å². The highest BCUT2D eigenvalue weighted by atomic mass is 16.3. The Morgan fingerprint density at radius 2 is 2.20 bits per heavy atom. The second kappa shape index (κ2) is 2.18. The minimum atomic E-state index is -0.227. The van der Waals surface area contributed by atoms with E-state index in [4.69, 9.17) is 5.11 Å². The molecular formula is C3H10NO+. The normalized spacial score (nSPS) is 15.0. The van der Waals surface area contributed by atoms with Gasteiger partial charge in [0, 0.05) is 0 Å². The zero-order chi connectivity index (χ0) is 4.28. The number of aliphatic hydroxyl groups is 1. The maximum Gasteiger partial charge on any atom is 0.100 e. The average Bonchev–Trinajstić information content (AvgIpc) is 1.38. The summed E-state index contributed by atoms with van der Waals surface area (Å²) in [7, 11) is 0. The molecule has 0 bridgehead atoms. The van der Waals surface area contributed by atoms with Gasteiger partial charge in [-0.25, -0.2) is 0 Å². The molecule has 0 unspecified atom stereocenters. The molecule has 2 heteroatoms. The van der Waals surface area contributed by atoms with Gasteiger partial charge < -0.3 is 10.8 Å². The first kappa shape index (κ1) is 4.92. The maximum absolute atomic E-state index is 8.30. The van der Waals surface area contributed by atoms with Gasteiger partial charge in [0.05, 0.1) is 6.10 Å². The van der Waals surface area contributed by atoms with Crippen molar-refractivity contribution in [3.63, 3.8) is 0 Å². The molecular weight excluding hydrogens is 66.0 g/mol. The van der Waals surface area contributed by atoms with Crippen LogP contribution in [-0.4, -0.2) is 17.8 Å². The van der Waals surface area contributed by atoms with Crippen molar-refractivity contribution >= 4 is 0 Å². The van der Waals surface area contributed by atoms with Gasteiger partial charge in [-0.2, -0.15) is 0 Å². The summed E-state index contributed by atoms with van der Waals surface area (Å²) in [6.45, 7) is 2.33. The fourth-order valence-electron chi connectivity index (χ4n) is 0. The van der Waals surface area contributed by atoms with Crippen molar-refractivity contribution in [3.8, 4) is 0 Å². The van der Waals surface area contributed by atoms with Gasteiger partial charge in [0.2, 0.25) is 0 Å². The van der Waals surface area contributed by atoms with Crippen LogP contribution in [0.4, 0.5) is 0 Å². The van der Waals surface area contributed by atoms with Gasteiger partial charge >= 0.3 is 0 Å². The Balaban J connectivity index is 2.54. The van der Waals surface area contributed by atoms with E-state index in [1.54, 1.807) is 6.92 Å². The molecule has 0 amide bonds. The third-order valence-electron chi connectivity index (χ3n) is 0.418. The average molecular weight is 76.1 g/mol. The summed E-state index contributed by atoms with van der Waals surface area (Å²) < 4.78 is 0. The molecule has 0 aliphatic heterocycles. The smallest absolute Gasteiger partial charge is 0.100 e. The largest absolute Gasteiger partial charge is 0.388 e. The molecule has 0 aromatic carbocycles. The lowest BCUT2D eigenvalue weighted by Crippen LogP contribution is -2.54. The van der Waals surface area contributed by atoms with E-state index in [2.05, 4.69) is 5.73 Å². The van der Waals surface area contributed by atoms with E-state index in [0.717, 1.165) is 0 Å². The molecule has 0 aromatic heterocycles. The summed E-state index contributed by atoms with van der Waals surface area (Å²) in [6, 6.07) is 0. The molecule has 4 N–H and O–H groups in total. The van der Waals surface area contributed by atoms with Crippen LogP contribution in [0, 0.1) is 0 Å². The van der Waals surface area contributed by atoms with Crippen LogP contribution in [0.1, 0.15) is 6.92 Å². The predicted octanol–water partition coefficient (Wildman–Crippen LogP) is -1.39. The molecule has 2 nitrogen and oxygen atoms in total. The first-order chi connectivity index (χ1) is 2.27. The molecule has 32 valence electrons. The summed E-state index contributed by atoms with van der Waals surface area (Å²) in [5.41, 5.74) is 3.44. The van der Waals surface area contributed by atoms with Crippen LogP contribution in [0.15, 0.2) is 0 Å². The van der Waals surface area contributed by atoms with Crippen molar-refractivity contribution in [1.82, 2.24) is 0 Å². The van der Waals surface area contributed by atoms with E-state index >= 15 is 0 Å². The lowest BCUT2D eigenvalue weighted by molar-refractivity contribution is -0.382. The fraction of sp³-hybridized carbons (Fsp3) is 1.00. The first-order valence-electron chi connectivity index (χ1n) is 1.74. The van der Waals surface area contributed by atoms with Crippen LogP contribution >= 0.6 is 0 Å². The Morgan fingerprint density at radius 3 is 2.20 bits per heavy atom. The van der Waals surface area contributed by atoms with Crippen LogP contribution < -0.4 is 5.73 Å². The van der Waals surface area contributed by atoms with E-state index < -0.39 is 0 Å². The third kappa shape index (κ3) is 3.92. The minimum Gasteiger partial charge on any atom is -0.388 e. The number of aliphatic hydroxyl groups excluding tert-OH is 1. The van der Waals surface area contributed by atoms with E-state index in [1.165, 1.54) is 0 Å². The van der Waals surface area contributed by atoms with E-state index in [9.17, 15) is 0 Å². The molecule has 1 atom stereocenters. The second-order valence-corrected chi connectivity index (χ2v) is 1.14. The van der Waals surface area contributed by atoms with E-state index in [1.807, 2.05) is 0 Å². The summed E-state index contributed by atoms with van der Waals surface area (Å²) in [5.74, 6) is 0. The highest BCUT2D eigenvalue weighted by Crippen LogP contribution is 1.63. The van der Waals surface area contributed by atoms with Crippen molar-refractivity contribution in [2.24, 2.45) is 0 Å². The van der Waals surface area contributed by atoms with Gasteiger partial charge in [0.15, 0.2) is 0 Å². The molecule has 0 saturated heterocycles. The molecule has 0 fully saturated rings. The Hall–Kier alpha value is -0.0800.